The van der Waals surface area contributed by atoms with Gasteiger partial charge in [-0.05, 0) is 70.1 Å². The number of piperidine rings is 1. The zero-order valence-electron chi connectivity index (χ0n) is 12.4. The molecule has 0 radical (unpaired) electrons. The molecule has 2 aliphatic heterocycles. The summed E-state index contributed by atoms with van der Waals surface area (Å²) < 4.78 is 10.8. The Kier molecular flexibility index (Phi) is 4.13. The van der Waals surface area contributed by atoms with Gasteiger partial charge in [0.25, 0.3) is 0 Å². The molecule has 2 heterocycles. The van der Waals surface area contributed by atoms with Crippen LogP contribution < -0.4 is 14.8 Å². The van der Waals surface area contributed by atoms with E-state index >= 15 is 0 Å². The van der Waals surface area contributed by atoms with Crippen molar-refractivity contribution in [3.05, 3.63) is 23.8 Å². The normalized spacial score (nSPS) is 21.1. The Morgan fingerprint density at radius 1 is 1.25 bits per heavy atom. The quantitative estimate of drug-likeness (QED) is 0.915. The highest BCUT2D eigenvalue weighted by Crippen LogP contribution is 2.34. The lowest BCUT2D eigenvalue weighted by Gasteiger charge is -2.30. The lowest BCUT2D eigenvalue weighted by atomic mass is 9.96. The molecular weight excluding hydrogens is 252 g/mol. The molecule has 0 aliphatic carbocycles. The Hall–Kier alpha value is -1.26. The molecule has 1 aromatic rings. The van der Waals surface area contributed by atoms with Crippen LogP contribution in [-0.2, 0) is 0 Å². The molecule has 0 spiro atoms. The van der Waals surface area contributed by atoms with Gasteiger partial charge in [-0.2, -0.15) is 0 Å². The number of hydrogen-bond acceptors (Lipinski definition) is 4. The second kappa shape index (κ2) is 6.02. The van der Waals surface area contributed by atoms with Crippen molar-refractivity contribution >= 4 is 0 Å². The van der Waals surface area contributed by atoms with Crippen LogP contribution in [0.2, 0.25) is 0 Å². The van der Waals surface area contributed by atoms with Gasteiger partial charge in [-0.15, -0.1) is 0 Å². The lowest BCUT2D eigenvalue weighted by molar-refractivity contribution is 0.174. The first-order valence-electron chi connectivity index (χ1n) is 7.54. The van der Waals surface area contributed by atoms with Crippen molar-refractivity contribution < 1.29 is 9.47 Å². The molecule has 0 saturated carbocycles. The van der Waals surface area contributed by atoms with Gasteiger partial charge in [-0.3, -0.25) is 0 Å². The van der Waals surface area contributed by atoms with Crippen molar-refractivity contribution in [1.82, 2.24) is 10.2 Å². The highest BCUT2D eigenvalue weighted by molar-refractivity contribution is 5.45. The first-order valence-corrected chi connectivity index (χ1v) is 7.54. The van der Waals surface area contributed by atoms with Crippen molar-refractivity contribution in [1.29, 1.82) is 0 Å². The number of benzene rings is 1. The Balaban J connectivity index is 1.52. The van der Waals surface area contributed by atoms with E-state index in [2.05, 4.69) is 36.3 Å². The van der Waals surface area contributed by atoms with Crippen LogP contribution in [0.15, 0.2) is 18.2 Å². The molecule has 3 rings (SSSR count). The van der Waals surface area contributed by atoms with E-state index < -0.39 is 0 Å². The number of fused-ring (bicyclic) bond motifs is 1. The molecule has 4 nitrogen and oxygen atoms in total. The van der Waals surface area contributed by atoms with Gasteiger partial charge in [-0.25, -0.2) is 0 Å². The van der Waals surface area contributed by atoms with Crippen LogP contribution in [0.3, 0.4) is 0 Å². The predicted molar refractivity (Wildman–Crippen MR) is 79.2 cm³/mol. The van der Waals surface area contributed by atoms with Gasteiger partial charge in [0.1, 0.15) is 0 Å². The summed E-state index contributed by atoms with van der Waals surface area (Å²) >= 11 is 0. The molecule has 110 valence electrons. The van der Waals surface area contributed by atoms with Gasteiger partial charge in [-0.1, -0.05) is 6.07 Å². The standard InChI is InChI=1S/C16H24N2O2/c1-12(17-10-13-5-7-18(2)8-6-13)14-3-4-15-16(9-14)20-11-19-15/h3-4,9,12-13,17H,5-8,10-11H2,1-2H3. The highest BCUT2D eigenvalue weighted by Gasteiger charge is 2.19. The van der Waals surface area contributed by atoms with Gasteiger partial charge in [0.05, 0.1) is 0 Å². The van der Waals surface area contributed by atoms with Crippen LogP contribution in [-0.4, -0.2) is 38.4 Å². The van der Waals surface area contributed by atoms with E-state index in [0.717, 1.165) is 24.0 Å². The molecule has 1 unspecified atom stereocenters. The largest absolute Gasteiger partial charge is 0.454 e. The summed E-state index contributed by atoms with van der Waals surface area (Å²) in [6, 6.07) is 6.57. The molecule has 1 N–H and O–H groups in total. The number of hydrogen-bond donors (Lipinski definition) is 1. The fourth-order valence-corrected chi connectivity index (χ4v) is 2.91. The van der Waals surface area contributed by atoms with Gasteiger partial charge in [0, 0.05) is 6.04 Å². The molecule has 0 amide bonds. The monoisotopic (exact) mass is 276 g/mol. The number of nitrogens with one attached hydrogen (secondary N) is 1. The van der Waals surface area contributed by atoms with Crippen LogP contribution in [0.4, 0.5) is 0 Å². The second-order valence-corrected chi connectivity index (χ2v) is 5.99. The summed E-state index contributed by atoms with van der Waals surface area (Å²) in [5.41, 5.74) is 1.27. The van der Waals surface area contributed by atoms with Crippen LogP contribution in [0, 0.1) is 5.92 Å². The first-order chi connectivity index (χ1) is 9.72. The minimum Gasteiger partial charge on any atom is -0.454 e. The van der Waals surface area contributed by atoms with Crippen LogP contribution in [0.1, 0.15) is 31.4 Å². The molecular formula is C16H24N2O2. The van der Waals surface area contributed by atoms with E-state index in [1.807, 2.05) is 6.07 Å². The SMILES string of the molecule is CC(NCC1CCN(C)CC1)c1ccc2c(c1)OCO2. The average molecular weight is 276 g/mol. The fourth-order valence-electron chi connectivity index (χ4n) is 2.91. The van der Waals surface area contributed by atoms with E-state index in [0.29, 0.717) is 12.8 Å². The number of nitrogens with zero attached hydrogens (tertiary/aromatic N) is 1. The van der Waals surface area contributed by atoms with Gasteiger partial charge in [0.2, 0.25) is 6.79 Å². The molecule has 2 aliphatic rings. The molecule has 1 aromatic carbocycles. The Bertz CT molecular complexity index is 456. The van der Waals surface area contributed by atoms with Crippen molar-refractivity contribution in [2.75, 3.05) is 33.5 Å². The molecule has 0 bridgehead atoms. The Morgan fingerprint density at radius 2 is 2.00 bits per heavy atom. The highest BCUT2D eigenvalue weighted by atomic mass is 16.7. The van der Waals surface area contributed by atoms with E-state index in [1.165, 1.54) is 31.5 Å². The first kappa shape index (κ1) is 13.7. The average Bonchev–Trinajstić information content (AvgIpc) is 2.93. The van der Waals surface area contributed by atoms with E-state index in [4.69, 9.17) is 9.47 Å². The molecule has 1 saturated heterocycles. The van der Waals surface area contributed by atoms with Crippen LogP contribution >= 0.6 is 0 Å². The predicted octanol–water partition coefficient (Wildman–Crippen LogP) is 2.41. The van der Waals surface area contributed by atoms with Crippen LogP contribution in [0.5, 0.6) is 11.5 Å². The van der Waals surface area contributed by atoms with Gasteiger partial charge < -0.3 is 19.7 Å². The third-order valence-electron chi connectivity index (χ3n) is 4.45. The molecule has 0 aromatic heterocycles. The third kappa shape index (κ3) is 3.07. The Morgan fingerprint density at radius 3 is 2.80 bits per heavy atom. The molecule has 20 heavy (non-hydrogen) atoms. The minimum atomic E-state index is 0.343. The van der Waals surface area contributed by atoms with Crippen LogP contribution in [0.25, 0.3) is 0 Å². The van der Waals surface area contributed by atoms with Crippen molar-refractivity contribution in [3.8, 4) is 11.5 Å². The summed E-state index contributed by atoms with van der Waals surface area (Å²) in [5, 5.41) is 3.66. The maximum atomic E-state index is 5.44. The van der Waals surface area contributed by atoms with E-state index in [9.17, 15) is 0 Å². The minimum absolute atomic E-state index is 0.343. The maximum Gasteiger partial charge on any atom is 0.231 e. The summed E-state index contributed by atoms with van der Waals surface area (Å²) in [7, 11) is 2.21. The summed E-state index contributed by atoms with van der Waals surface area (Å²) in [4.78, 5) is 2.41. The van der Waals surface area contributed by atoms with Crippen molar-refractivity contribution in [2.45, 2.75) is 25.8 Å². The van der Waals surface area contributed by atoms with Gasteiger partial charge in [0.15, 0.2) is 11.5 Å². The zero-order chi connectivity index (χ0) is 13.9. The number of ether oxygens (including phenoxy) is 2. The fraction of sp³-hybridized carbons (Fsp3) is 0.625. The molecule has 1 fully saturated rings. The van der Waals surface area contributed by atoms with E-state index in [-0.39, 0.29) is 0 Å². The second-order valence-electron chi connectivity index (χ2n) is 5.99. The van der Waals surface area contributed by atoms with Crippen molar-refractivity contribution in [3.63, 3.8) is 0 Å². The summed E-state index contributed by atoms with van der Waals surface area (Å²) in [6.45, 7) is 6.11. The topological polar surface area (TPSA) is 33.7 Å². The maximum absolute atomic E-state index is 5.44. The van der Waals surface area contributed by atoms with Gasteiger partial charge >= 0.3 is 0 Å². The summed E-state index contributed by atoms with van der Waals surface area (Å²) in [5.74, 6) is 2.54. The molecule has 1 atom stereocenters. The van der Waals surface area contributed by atoms with Crippen molar-refractivity contribution in [2.24, 2.45) is 5.92 Å². The third-order valence-corrected chi connectivity index (χ3v) is 4.45. The zero-order valence-corrected chi connectivity index (χ0v) is 12.4. The Labute approximate surface area is 121 Å². The summed E-state index contributed by atoms with van der Waals surface area (Å²) in [6.07, 6.45) is 2.61. The molecule has 4 heteroatoms. The van der Waals surface area contributed by atoms with E-state index in [1.54, 1.807) is 0 Å². The number of likely N-dealkylation sites (tertiary alicyclic amines) is 1. The number of rotatable bonds is 4. The lowest BCUT2D eigenvalue weighted by Crippen LogP contribution is -2.35. The smallest absolute Gasteiger partial charge is 0.231 e.